The maximum absolute atomic E-state index is 5.27. The fourth-order valence-electron chi connectivity index (χ4n) is 9.24. The minimum absolute atomic E-state index is 0.395. The van der Waals surface area contributed by atoms with Crippen LogP contribution in [0.4, 0.5) is 0 Å². The second kappa shape index (κ2) is 17.6. The van der Waals surface area contributed by atoms with E-state index in [0.717, 1.165) is 84.1 Å². The molecule has 12 rings (SSSR count). The standard InChI is InChI=1S/C62H45N7/c1-41(2)42-25-35-49(36-26-42)60-65-61(52-21-13-19-50(39-52)56-58(68-37-11-9-23-54(68)63-56)47-31-27-45(28-32-47)43-15-5-3-6-16-43)67-62(66-60)53-22-14-20-51(40-53)57-59(69-38-12-10-24-55(69)64-57)48-33-29-46(30-34-48)44-17-7-4-8-18-44/h3-41H,1-2H3. The van der Waals surface area contributed by atoms with E-state index >= 15 is 0 Å². The maximum Gasteiger partial charge on any atom is 0.164 e. The first-order chi connectivity index (χ1) is 34.0. The summed E-state index contributed by atoms with van der Waals surface area (Å²) in [6, 6.07) is 76.0. The van der Waals surface area contributed by atoms with Crippen LogP contribution in [-0.2, 0) is 0 Å². The number of benzene rings is 7. The molecule has 7 heteroatoms. The van der Waals surface area contributed by atoms with Gasteiger partial charge in [-0.1, -0.05) is 196 Å². The summed E-state index contributed by atoms with van der Waals surface area (Å²) in [6.45, 7) is 4.41. The van der Waals surface area contributed by atoms with Gasteiger partial charge in [0.2, 0.25) is 0 Å². The van der Waals surface area contributed by atoms with Crippen molar-refractivity contribution in [1.82, 2.24) is 33.7 Å². The molecule has 328 valence electrons. The van der Waals surface area contributed by atoms with E-state index in [9.17, 15) is 0 Å². The molecule has 0 bridgehead atoms. The Labute approximate surface area is 400 Å². The molecule has 0 saturated heterocycles. The Morgan fingerprint density at radius 1 is 0.290 bits per heavy atom. The number of hydrogen-bond donors (Lipinski definition) is 0. The average Bonchev–Trinajstić information content (AvgIpc) is 4.01. The molecule has 0 radical (unpaired) electrons. The molecule has 7 aromatic carbocycles. The van der Waals surface area contributed by atoms with Crippen LogP contribution in [0.1, 0.15) is 25.3 Å². The monoisotopic (exact) mass is 887 g/mol. The minimum Gasteiger partial charge on any atom is -0.299 e. The first-order valence-electron chi connectivity index (χ1n) is 23.3. The predicted octanol–water partition coefficient (Wildman–Crippen LogP) is 15.3. The molecule has 5 heterocycles. The van der Waals surface area contributed by atoms with Gasteiger partial charge in [-0.15, -0.1) is 0 Å². The summed E-state index contributed by atoms with van der Waals surface area (Å²) >= 11 is 0. The zero-order valence-corrected chi connectivity index (χ0v) is 38.1. The summed E-state index contributed by atoms with van der Waals surface area (Å²) in [5, 5.41) is 0. The van der Waals surface area contributed by atoms with Gasteiger partial charge in [0, 0.05) is 51.3 Å². The van der Waals surface area contributed by atoms with Crippen LogP contribution in [-0.4, -0.2) is 33.7 Å². The van der Waals surface area contributed by atoms with E-state index in [4.69, 9.17) is 24.9 Å². The molecular weight excluding hydrogens is 843 g/mol. The van der Waals surface area contributed by atoms with E-state index in [1.807, 2.05) is 36.4 Å². The minimum atomic E-state index is 0.395. The lowest BCUT2D eigenvalue weighted by atomic mass is 9.99. The van der Waals surface area contributed by atoms with Gasteiger partial charge in [0.05, 0.1) is 22.8 Å². The molecule has 69 heavy (non-hydrogen) atoms. The Balaban J connectivity index is 0.969. The van der Waals surface area contributed by atoms with Crippen molar-refractivity contribution in [3.05, 3.63) is 236 Å². The van der Waals surface area contributed by atoms with E-state index in [1.165, 1.54) is 16.7 Å². The van der Waals surface area contributed by atoms with Crippen molar-refractivity contribution < 1.29 is 0 Å². The first kappa shape index (κ1) is 41.4. The van der Waals surface area contributed by atoms with Crippen molar-refractivity contribution in [2.24, 2.45) is 0 Å². The first-order valence-corrected chi connectivity index (χ1v) is 23.3. The molecule has 0 unspecified atom stereocenters. The molecule has 0 fully saturated rings. The number of pyridine rings is 2. The number of hydrogen-bond acceptors (Lipinski definition) is 5. The molecule has 0 saturated carbocycles. The number of fused-ring (bicyclic) bond motifs is 2. The number of rotatable bonds is 10. The molecule has 0 N–H and O–H groups in total. The highest BCUT2D eigenvalue weighted by atomic mass is 15.0. The van der Waals surface area contributed by atoms with Gasteiger partial charge >= 0.3 is 0 Å². The predicted molar refractivity (Wildman–Crippen MR) is 280 cm³/mol. The van der Waals surface area contributed by atoms with Crippen molar-refractivity contribution in [1.29, 1.82) is 0 Å². The zero-order chi connectivity index (χ0) is 46.3. The van der Waals surface area contributed by atoms with Gasteiger partial charge in [-0.3, -0.25) is 8.80 Å². The summed E-state index contributed by atoms with van der Waals surface area (Å²) in [6.07, 6.45) is 4.16. The van der Waals surface area contributed by atoms with Gasteiger partial charge in [0.15, 0.2) is 17.5 Å². The third kappa shape index (κ3) is 7.96. The normalized spacial score (nSPS) is 11.5. The Morgan fingerprint density at radius 2 is 0.638 bits per heavy atom. The third-order valence-electron chi connectivity index (χ3n) is 12.9. The lowest BCUT2D eigenvalue weighted by Gasteiger charge is -2.12. The van der Waals surface area contributed by atoms with E-state index in [0.29, 0.717) is 23.4 Å². The topological polar surface area (TPSA) is 73.3 Å². The summed E-state index contributed by atoms with van der Waals surface area (Å²) in [4.78, 5) is 26.1. The number of imidazole rings is 2. The summed E-state index contributed by atoms with van der Waals surface area (Å²) in [5.74, 6) is 2.13. The zero-order valence-electron chi connectivity index (χ0n) is 38.1. The number of nitrogens with zero attached hydrogens (tertiary/aromatic N) is 7. The summed E-state index contributed by atoms with van der Waals surface area (Å²) in [5.41, 5.74) is 18.1. The molecule has 0 atom stereocenters. The molecule has 12 aromatic rings. The van der Waals surface area contributed by atoms with Crippen LogP contribution in [0.2, 0.25) is 0 Å². The Bertz CT molecular complexity index is 3560. The van der Waals surface area contributed by atoms with Crippen LogP contribution in [0.5, 0.6) is 0 Å². The Morgan fingerprint density at radius 3 is 1.07 bits per heavy atom. The van der Waals surface area contributed by atoms with Crippen LogP contribution in [0, 0.1) is 0 Å². The largest absolute Gasteiger partial charge is 0.299 e. The van der Waals surface area contributed by atoms with Gasteiger partial charge in [0.1, 0.15) is 11.3 Å². The lowest BCUT2D eigenvalue weighted by Crippen LogP contribution is -2.01. The molecule has 0 spiro atoms. The van der Waals surface area contributed by atoms with Crippen molar-refractivity contribution >= 4 is 11.3 Å². The van der Waals surface area contributed by atoms with E-state index in [2.05, 4.69) is 217 Å². The quantitative estimate of drug-likeness (QED) is 0.137. The number of aromatic nitrogens is 7. The smallest absolute Gasteiger partial charge is 0.164 e. The van der Waals surface area contributed by atoms with Crippen LogP contribution >= 0.6 is 0 Å². The highest BCUT2D eigenvalue weighted by Gasteiger charge is 2.21. The second-order valence-corrected chi connectivity index (χ2v) is 17.6. The van der Waals surface area contributed by atoms with E-state index in [-0.39, 0.29) is 0 Å². The van der Waals surface area contributed by atoms with Gasteiger partial charge < -0.3 is 0 Å². The SMILES string of the molecule is CC(C)c1ccc(-c2nc(-c3cccc(-c4nc5ccccn5c4-c4ccc(-c5ccccc5)cc4)c3)nc(-c3cccc(-c4nc5ccccn5c4-c4ccc(-c5ccccc5)cc4)c3)n2)cc1. The maximum atomic E-state index is 5.27. The van der Waals surface area contributed by atoms with Gasteiger partial charge in [0.25, 0.3) is 0 Å². The van der Waals surface area contributed by atoms with Gasteiger partial charge in [-0.2, -0.15) is 0 Å². The van der Waals surface area contributed by atoms with Crippen molar-refractivity contribution in [3.63, 3.8) is 0 Å². The highest BCUT2D eigenvalue weighted by molar-refractivity contribution is 5.86. The molecule has 0 amide bonds. The van der Waals surface area contributed by atoms with Gasteiger partial charge in [-0.25, -0.2) is 24.9 Å². The molecule has 0 aliphatic rings. The third-order valence-corrected chi connectivity index (χ3v) is 12.9. The Kier molecular flexibility index (Phi) is 10.6. The molecule has 0 aliphatic carbocycles. The van der Waals surface area contributed by atoms with Crippen molar-refractivity contribution in [2.45, 2.75) is 19.8 Å². The average molecular weight is 888 g/mol. The molecule has 5 aromatic heterocycles. The van der Waals surface area contributed by atoms with E-state index in [1.54, 1.807) is 0 Å². The van der Waals surface area contributed by atoms with Crippen LogP contribution in [0.3, 0.4) is 0 Å². The van der Waals surface area contributed by atoms with Crippen molar-refractivity contribution in [3.8, 4) is 101 Å². The fraction of sp³-hybridized carbons (Fsp3) is 0.0484. The van der Waals surface area contributed by atoms with E-state index < -0.39 is 0 Å². The van der Waals surface area contributed by atoms with Crippen LogP contribution in [0.25, 0.3) is 113 Å². The second-order valence-electron chi connectivity index (χ2n) is 17.6. The van der Waals surface area contributed by atoms with Crippen molar-refractivity contribution in [2.75, 3.05) is 0 Å². The summed E-state index contributed by atoms with van der Waals surface area (Å²) in [7, 11) is 0. The fourth-order valence-corrected chi connectivity index (χ4v) is 9.24. The van der Waals surface area contributed by atoms with Crippen LogP contribution in [0.15, 0.2) is 231 Å². The van der Waals surface area contributed by atoms with Gasteiger partial charge in [-0.05, 0) is 70.1 Å². The lowest BCUT2D eigenvalue weighted by molar-refractivity contribution is 0.867. The highest BCUT2D eigenvalue weighted by Crippen LogP contribution is 2.38. The Hall–Kier alpha value is -9.07. The molecule has 7 nitrogen and oxygen atoms in total. The van der Waals surface area contributed by atoms with Crippen LogP contribution < -0.4 is 0 Å². The molecular formula is C62H45N7. The summed E-state index contributed by atoms with van der Waals surface area (Å²) < 4.78 is 4.33. The molecule has 0 aliphatic heterocycles.